The third kappa shape index (κ3) is 3.22. The van der Waals surface area contributed by atoms with Crippen molar-refractivity contribution in [2.45, 2.75) is 31.3 Å². The Morgan fingerprint density at radius 1 is 1.13 bits per heavy atom. The van der Waals surface area contributed by atoms with Gasteiger partial charge in [0, 0.05) is 6.61 Å². The number of halogens is 7. The van der Waals surface area contributed by atoms with E-state index in [1.54, 1.807) is 0 Å². The summed E-state index contributed by atoms with van der Waals surface area (Å²) < 4.78 is 89.3. The highest BCUT2D eigenvalue weighted by atomic mass is 19.3. The number of alkyl halides is 7. The molecule has 0 aliphatic carbocycles. The Kier molecular flexibility index (Phi) is 4.82. The third-order valence-electron chi connectivity index (χ3n) is 1.54. The van der Waals surface area contributed by atoms with Crippen molar-refractivity contribution < 1.29 is 35.5 Å². The molecule has 0 amide bonds. The normalized spacial score (nSPS) is 15.8. The van der Waals surface area contributed by atoms with Crippen LogP contribution in [0.4, 0.5) is 30.7 Å². The van der Waals surface area contributed by atoms with Gasteiger partial charge in [-0.1, -0.05) is 0 Å². The fourth-order valence-corrected chi connectivity index (χ4v) is 0.866. The summed E-state index contributed by atoms with van der Waals surface area (Å²) in [6, 6.07) is 0. The topological polar surface area (TPSA) is 9.23 Å². The van der Waals surface area contributed by atoms with Crippen molar-refractivity contribution in [3.63, 3.8) is 0 Å². The molecule has 0 aromatic carbocycles. The fraction of sp³-hybridized carbons (Fsp3) is 1.00. The second kappa shape index (κ2) is 5.00. The van der Waals surface area contributed by atoms with Gasteiger partial charge in [-0.3, -0.25) is 0 Å². The number of hydrogen-bond donors (Lipinski definition) is 0. The van der Waals surface area contributed by atoms with Crippen LogP contribution in [-0.2, 0) is 4.74 Å². The lowest BCUT2D eigenvalue weighted by molar-refractivity contribution is -0.272. The summed E-state index contributed by atoms with van der Waals surface area (Å²) >= 11 is 0. The highest BCUT2D eigenvalue weighted by molar-refractivity contribution is 4.91. The molecule has 0 rings (SSSR count). The maximum absolute atomic E-state index is 12.6. The lowest BCUT2D eigenvalue weighted by Gasteiger charge is -2.30. The van der Waals surface area contributed by atoms with Gasteiger partial charge < -0.3 is 4.74 Å². The molecule has 0 fully saturated rings. The lowest BCUT2D eigenvalue weighted by atomic mass is 10.1. The Morgan fingerprint density at radius 3 is 1.87 bits per heavy atom. The largest absolute Gasteiger partial charge is 0.366 e. The minimum atomic E-state index is -5.09. The molecule has 0 spiro atoms. The minimum Gasteiger partial charge on any atom is -0.366 e. The smallest absolute Gasteiger partial charge is 0.338 e. The molecular weight excluding hydrogens is 233 g/mol. The Bertz CT molecular complexity index is 194. The molecule has 0 N–H and O–H groups in total. The van der Waals surface area contributed by atoms with Gasteiger partial charge in [0.1, 0.15) is 0 Å². The first-order valence-electron chi connectivity index (χ1n) is 3.91. The van der Waals surface area contributed by atoms with Crippen LogP contribution in [0.15, 0.2) is 0 Å². The molecule has 8 heteroatoms. The van der Waals surface area contributed by atoms with Crippen molar-refractivity contribution in [3.8, 4) is 0 Å². The van der Waals surface area contributed by atoms with Crippen LogP contribution in [0.2, 0.25) is 0 Å². The first kappa shape index (κ1) is 14.5. The molecule has 0 saturated carbocycles. The van der Waals surface area contributed by atoms with Crippen molar-refractivity contribution in [3.05, 3.63) is 0 Å². The van der Waals surface area contributed by atoms with Crippen molar-refractivity contribution in [1.82, 2.24) is 0 Å². The molecule has 0 aliphatic heterocycles. The van der Waals surface area contributed by atoms with Gasteiger partial charge in [-0.15, -0.1) is 0 Å². The van der Waals surface area contributed by atoms with Crippen LogP contribution in [-0.4, -0.2) is 37.7 Å². The van der Waals surface area contributed by atoms with Gasteiger partial charge in [-0.05, 0) is 6.92 Å². The highest BCUT2D eigenvalue weighted by Crippen LogP contribution is 2.37. The molecule has 1 atom stereocenters. The van der Waals surface area contributed by atoms with Gasteiger partial charge >= 0.3 is 18.3 Å². The van der Waals surface area contributed by atoms with E-state index in [9.17, 15) is 30.7 Å². The number of ether oxygens (including phenoxy) is 1. The monoisotopic (exact) mass is 242 g/mol. The summed E-state index contributed by atoms with van der Waals surface area (Å²) in [7, 11) is 0. The van der Waals surface area contributed by atoms with Crippen molar-refractivity contribution in [1.29, 1.82) is 0 Å². The molecule has 0 heterocycles. The Morgan fingerprint density at radius 2 is 1.60 bits per heavy atom. The summed E-state index contributed by atoms with van der Waals surface area (Å²) in [5.41, 5.74) is 0. The molecule has 0 bridgehead atoms. The van der Waals surface area contributed by atoms with Crippen LogP contribution in [0.25, 0.3) is 0 Å². The molecule has 0 aliphatic rings. The summed E-state index contributed by atoms with van der Waals surface area (Å²) in [4.78, 5) is 0. The van der Waals surface area contributed by atoms with Crippen LogP contribution < -0.4 is 0 Å². The van der Waals surface area contributed by atoms with E-state index < -0.39 is 37.7 Å². The van der Waals surface area contributed by atoms with E-state index in [4.69, 9.17) is 0 Å². The zero-order valence-corrected chi connectivity index (χ0v) is 7.62. The zero-order valence-electron chi connectivity index (χ0n) is 7.62. The molecule has 92 valence electrons. The molecular formula is C7H9F7O. The second-order valence-corrected chi connectivity index (χ2v) is 2.71. The van der Waals surface area contributed by atoms with E-state index >= 15 is 0 Å². The third-order valence-corrected chi connectivity index (χ3v) is 1.54. The van der Waals surface area contributed by atoms with E-state index in [0.29, 0.717) is 0 Å². The van der Waals surface area contributed by atoms with Gasteiger partial charge in [-0.25, -0.2) is 22.0 Å². The van der Waals surface area contributed by atoms with Gasteiger partial charge in [-0.2, -0.15) is 8.78 Å². The molecule has 15 heavy (non-hydrogen) atoms. The zero-order chi connectivity index (χ0) is 12.3. The number of rotatable bonds is 6. The minimum absolute atomic E-state index is 0.650. The second-order valence-electron chi connectivity index (χ2n) is 2.71. The van der Waals surface area contributed by atoms with Gasteiger partial charge in [0.05, 0.1) is 0 Å². The highest BCUT2D eigenvalue weighted by Gasteiger charge is 2.61. The average Bonchev–Trinajstić information content (AvgIpc) is 2.13. The molecule has 0 saturated heterocycles. The quantitative estimate of drug-likeness (QED) is 0.651. The predicted octanol–water partition coefficient (Wildman–Crippen LogP) is 2.90. The average molecular weight is 242 g/mol. The van der Waals surface area contributed by atoms with E-state index in [-0.39, 0.29) is 0 Å². The van der Waals surface area contributed by atoms with E-state index in [1.807, 2.05) is 0 Å². The van der Waals surface area contributed by atoms with Crippen molar-refractivity contribution >= 4 is 0 Å². The maximum Gasteiger partial charge on any atom is 0.338 e. The predicted molar refractivity (Wildman–Crippen MR) is 37.3 cm³/mol. The molecule has 1 unspecified atom stereocenters. The molecule has 1 nitrogen and oxygen atoms in total. The van der Waals surface area contributed by atoms with Crippen LogP contribution in [0.1, 0.15) is 6.92 Å². The van der Waals surface area contributed by atoms with Crippen molar-refractivity contribution in [2.24, 2.45) is 0 Å². The molecule has 0 aromatic heterocycles. The fourth-order valence-electron chi connectivity index (χ4n) is 0.866. The number of hydrogen-bond acceptors (Lipinski definition) is 1. The SMILES string of the molecule is CCOC(C(F)(F)CF)C(F)(F)C(F)F. The Labute approximate surface area is 81.2 Å². The van der Waals surface area contributed by atoms with E-state index in [2.05, 4.69) is 4.74 Å². The van der Waals surface area contributed by atoms with Crippen LogP contribution in [0.5, 0.6) is 0 Å². The summed E-state index contributed by atoms with van der Waals surface area (Å²) in [6.45, 7) is -2.08. The first-order valence-corrected chi connectivity index (χ1v) is 3.91. The van der Waals surface area contributed by atoms with Crippen molar-refractivity contribution in [2.75, 3.05) is 13.3 Å². The van der Waals surface area contributed by atoms with Crippen LogP contribution in [0.3, 0.4) is 0 Å². The summed E-state index contributed by atoms with van der Waals surface area (Å²) in [5.74, 6) is -9.73. The standard InChI is InChI=1S/C7H9F7O/c1-2-15-4(6(11,12)3-8)7(13,14)5(9)10/h4-5H,2-3H2,1H3. The van der Waals surface area contributed by atoms with Gasteiger partial charge in [0.2, 0.25) is 0 Å². The molecule has 0 radical (unpaired) electrons. The maximum atomic E-state index is 12.6. The Balaban J connectivity index is 4.96. The van der Waals surface area contributed by atoms with Gasteiger partial charge in [0.25, 0.3) is 0 Å². The van der Waals surface area contributed by atoms with E-state index in [1.165, 1.54) is 0 Å². The lowest BCUT2D eigenvalue weighted by Crippen LogP contribution is -2.53. The Hall–Kier alpha value is -0.530. The van der Waals surface area contributed by atoms with E-state index in [0.717, 1.165) is 6.92 Å². The van der Waals surface area contributed by atoms with Crippen LogP contribution >= 0.6 is 0 Å². The van der Waals surface area contributed by atoms with Gasteiger partial charge in [0.15, 0.2) is 12.8 Å². The van der Waals surface area contributed by atoms with Crippen LogP contribution in [0, 0.1) is 0 Å². The molecule has 0 aromatic rings. The summed E-state index contributed by atoms with van der Waals surface area (Å²) in [5, 5.41) is 0. The summed E-state index contributed by atoms with van der Waals surface area (Å²) in [6.07, 6.45) is -7.80. The first-order chi connectivity index (χ1) is 6.70.